The Morgan fingerprint density at radius 3 is 2.53 bits per heavy atom. The summed E-state index contributed by atoms with van der Waals surface area (Å²) in [6.07, 6.45) is 7.51. The molecular formula is C13H18N2. The molecule has 0 bridgehead atoms. The van der Waals surface area contributed by atoms with E-state index in [1.165, 1.54) is 5.57 Å². The summed E-state index contributed by atoms with van der Waals surface area (Å²) in [5.74, 6) is 0. The van der Waals surface area contributed by atoms with Crippen LogP contribution in [0.5, 0.6) is 0 Å². The number of allylic oxidation sites excluding steroid dienone is 2. The molecule has 0 aromatic carbocycles. The van der Waals surface area contributed by atoms with E-state index in [0.29, 0.717) is 0 Å². The highest BCUT2D eigenvalue weighted by atomic mass is 15.1. The lowest BCUT2D eigenvalue weighted by molar-refractivity contribution is 0.521. The van der Waals surface area contributed by atoms with E-state index in [1.807, 2.05) is 6.08 Å². The number of H-pyrrole nitrogens is 1. The highest BCUT2D eigenvalue weighted by Crippen LogP contribution is 2.28. The lowest BCUT2D eigenvalue weighted by atomic mass is 9.85. The molecule has 1 N–H and O–H groups in total. The van der Waals surface area contributed by atoms with Gasteiger partial charge in [-0.05, 0) is 17.1 Å². The van der Waals surface area contributed by atoms with Gasteiger partial charge >= 0.3 is 0 Å². The minimum Gasteiger partial charge on any atom is -0.278 e. The maximum absolute atomic E-state index is 3.99. The van der Waals surface area contributed by atoms with Crippen molar-refractivity contribution < 1.29 is 0 Å². The number of aromatic amines is 1. The predicted octanol–water partition coefficient (Wildman–Crippen LogP) is 3.67. The highest BCUT2D eigenvalue weighted by Gasteiger charge is 2.14. The van der Waals surface area contributed by atoms with Crippen molar-refractivity contribution in [2.75, 3.05) is 0 Å². The molecule has 0 radical (unpaired) electrons. The predicted molar refractivity (Wildman–Crippen MR) is 66.3 cm³/mol. The molecule has 1 rings (SSSR count). The van der Waals surface area contributed by atoms with Crippen molar-refractivity contribution in [1.82, 2.24) is 10.2 Å². The van der Waals surface area contributed by atoms with Crippen LogP contribution >= 0.6 is 0 Å². The molecule has 0 unspecified atom stereocenters. The van der Waals surface area contributed by atoms with Crippen LogP contribution in [-0.2, 0) is 0 Å². The zero-order valence-corrected chi connectivity index (χ0v) is 9.67. The van der Waals surface area contributed by atoms with Crippen LogP contribution in [0.4, 0.5) is 0 Å². The smallest absolute Gasteiger partial charge is 0.0653 e. The second-order valence-corrected chi connectivity index (χ2v) is 4.50. The van der Waals surface area contributed by atoms with E-state index in [0.717, 1.165) is 11.3 Å². The maximum atomic E-state index is 3.99. The van der Waals surface area contributed by atoms with E-state index in [4.69, 9.17) is 0 Å². The van der Waals surface area contributed by atoms with E-state index in [9.17, 15) is 0 Å². The van der Waals surface area contributed by atoms with E-state index in [1.54, 1.807) is 12.3 Å². The van der Waals surface area contributed by atoms with E-state index in [2.05, 4.69) is 50.2 Å². The summed E-state index contributed by atoms with van der Waals surface area (Å²) in [6.45, 7) is 14.1. The lowest BCUT2D eigenvalue weighted by Crippen LogP contribution is -2.07. The average molecular weight is 202 g/mol. The summed E-state index contributed by atoms with van der Waals surface area (Å²) >= 11 is 0. The molecular weight excluding hydrogens is 184 g/mol. The van der Waals surface area contributed by atoms with Crippen molar-refractivity contribution in [3.05, 3.63) is 42.3 Å². The Bertz CT molecular complexity index is 389. The van der Waals surface area contributed by atoms with Crippen LogP contribution < -0.4 is 0 Å². The largest absolute Gasteiger partial charge is 0.278 e. The van der Waals surface area contributed by atoms with Crippen LogP contribution in [0.15, 0.2) is 31.0 Å². The van der Waals surface area contributed by atoms with Crippen LogP contribution in [0, 0.1) is 5.41 Å². The van der Waals surface area contributed by atoms with Crippen LogP contribution in [0.2, 0.25) is 0 Å². The van der Waals surface area contributed by atoms with Crippen molar-refractivity contribution in [2.24, 2.45) is 5.41 Å². The molecule has 0 amide bonds. The summed E-state index contributed by atoms with van der Waals surface area (Å²) in [6, 6.07) is 0. The van der Waals surface area contributed by atoms with Gasteiger partial charge in [0.25, 0.3) is 0 Å². The van der Waals surface area contributed by atoms with Crippen molar-refractivity contribution in [3.8, 4) is 0 Å². The Kier molecular flexibility index (Phi) is 3.30. The molecule has 0 fully saturated rings. The third-order valence-electron chi connectivity index (χ3n) is 2.31. The van der Waals surface area contributed by atoms with Crippen molar-refractivity contribution in [3.63, 3.8) is 0 Å². The molecule has 80 valence electrons. The molecule has 0 saturated heterocycles. The molecule has 2 nitrogen and oxygen atoms in total. The summed E-state index contributed by atoms with van der Waals surface area (Å²) in [7, 11) is 0. The summed E-state index contributed by atoms with van der Waals surface area (Å²) in [5, 5.41) is 6.94. The normalized spacial score (nSPS) is 12.6. The average Bonchev–Trinajstić information content (AvgIpc) is 2.59. The number of rotatable bonds is 3. The monoisotopic (exact) mass is 202 g/mol. The Hall–Kier alpha value is -1.57. The van der Waals surface area contributed by atoms with Gasteiger partial charge in [-0.25, -0.2) is 0 Å². The van der Waals surface area contributed by atoms with Crippen LogP contribution in [0.3, 0.4) is 0 Å². The molecule has 0 aliphatic rings. The minimum atomic E-state index is 0.0886. The molecule has 0 spiro atoms. The number of aromatic nitrogens is 2. The first-order valence-electron chi connectivity index (χ1n) is 4.99. The highest BCUT2D eigenvalue weighted by molar-refractivity contribution is 5.64. The molecule has 1 aromatic rings. The summed E-state index contributed by atoms with van der Waals surface area (Å²) in [4.78, 5) is 0. The number of nitrogens with one attached hydrogen (secondary N) is 1. The van der Waals surface area contributed by atoms with Gasteiger partial charge in [0.15, 0.2) is 0 Å². The van der Waals surface area contributed by atoms with Crippen LogP contribution in [0.1, 0.15) is 32.0 Å². The SMILES string of the molecule is C=C/C(=C\c1[nH]ncc1C=C)C(C)(C)C. The fourth-order valence-corrected chi connectivity index (χ4v) is 1.32. The molecule has 15 heavy (non-hydrogen) atoms. The van der Waals surface area contributed by atoms with E-state index < -0.39 is 0 Å². The standard InChI is InChI=1S/C13H18N2/c1-6-10-9-14-15-12(10)8-11(7-2)13(3,4)5/h6-9H,1-2H2,3-5H3,(H,14,15)/b11-8+. The molecule has 1 heterocycles. The van der Waals surface area contributed by atoms with Gasteiger partial charge in [0.1, 0.15) is 0 Å². The van der Waals surface area contributed by atoms with Gasteiger partial charge < -0.3 is 0 Å². The molecule has 1 aromatic heterocycles. The quantitative estimate of drug-likeness (QED) is 0.744. The zero-order valence-electron chi connectivity index (χ0n) is 9.67. The summed E-state index contributed by atoms with van der Waals surface area (Å²) < 4.78 is 0. The Balaban J connectivity index is 3.14. The van der Waals surface area contributed by atoms with Crippen LogP contribution in [0.25, 0.3) is 12.2 Å². The Morgan fingerprint density at radius 1 is 1.40 bits per heavy atom. The Labute approximate surface area is 91.4 Å². The third kappa shape index (κ3) is 2.69. The first-order chi connectivity index (χ1) is 6.99. The summed E-state index contributed by atoms with van der Waals surface area (Å²) in [5.41, 5.74) is 3.26. The van der Waals surface area contributed by atoms with Gasteiger partial charge in [0.2, 0.25) is 0 Å². The van der Waals surface area contributed by atoms with E-state index >= 15 is 0 Å². The molecule has 0 atom stereocenters. The van der Waals surface area contributed by atoms with Crippen LogP contribution in [-0.4, -0.2) is 10.2 Å². The van der Waals surface area contributed by atoms with Gasteiger partial charge in [-0.3, -0.25) is 5.10 Å². The number of hydrogen-bond acceptors (Lipinski definition) is 1. The minimum absolute atomic E-state index is 0.0886. The van der Waals surface area contributed by atoms with E-state index in [-0.39, 0.29) is 5.41 Å². The van der Waals surface area contributed by atoms with Gasteiger partial charge in [-0.15, -0.1) is 0 Å². The second-order valence-electron chi connectivity index (χ2n) is 4.50. The second kappa shape index (κ2) is 4.30. The zero-order chi connectivity index (χ0) is 11.5. The first kappa shape index (κ1) is 11.5. The maximum Gasteiger partial charge on any atom is 0.0653 e. The molecule has 0 saturated carbocycles. The third-order valence-corrected chi connectivity index (χ3v) is 2.31. The molecule has 0 aliphatic heterocycles. The van der Waals surface area contributed by atoms with Gasteiger partial charge in [-0.2, -0.15) is 5.10 Å². The van der Waals surface area contributed by atoms with Crippen molar-refractivity contribution in [1.29, 1.82) is 0 Å². The van der Waals surface area contributed by atoms with Gasteiger partial charge in [0, 0.05) is 5.56 Å². The van der Waals surface area contributed by atoms with Gasteiger partial charge in [-0.1, -0.05) is 46.1 Å². The first-order valence-corrected chi connectivity index (χ1v) is 4.99. The number of nitrogens with zero attached hydrogens (tertiary/aromatic N) is 1. The molecule has 2 heteroatoms. The van der Waals surface area contributed by atoms with Crippen molar-refractivity contribution in [2.45, 2.75) is 20.8 Å². The van der Waals surface area contributed by atoms with Gasteiger partial charge in [0.05, 0.1) is 11.9 Å². The Morgan fingerprint density at radius 2 is 2.07 bits per heavy atom. The fourth-order valence-electron chi connectivity index (χ4n) is 1.32. The number of hydrogen-bond donors (Lipinski definition) is 1. The van der Waals surface area contributed by atoms with Crippen molar-refractivity contribution >= 4 is 12.2 Å². The fraction of sp³-hybridized carbons (Fsp3) is 0.308. The lowest BCUT2D eigenvalue weighted by Gasteiger charge is -2.19. The topological polar surface area (TPSA) is 28.7 Å². The molecule has 0 aliphatic carbocycles.